The molecule has 88 valence electrons. The standard InChI is InChI=1S/C10H14O2.C2HIS/c1-10-5-4-8(11)6-7(10)2-3-9(10)12;1-2-4-3/h6,9,12H,2-5H2,1H3;1H. The van der Waals surface area contributed by atoms with E-state index in [0.717, 1.165) is 19.3 Å². The molecule has 4 heteroatoms. The Morgan fingerprint density at radius 2 is 2.31 bits per heavy atom. The van der Waals surface area contributed by atoms with Crippen LogP contribution in [0.3, 0.4) is 0 Å². The molecule has 2 rings (SSSR count). The van der Waals surface area contributed by atoms with E-state index in [4.69, 9.17) is 6.42 Å². The number of hydrogen-bond donors (Lipinski definition) is 1. The van der Waals surface area contributed by atoms with Gasteiger partial charge in [0.2, 0.25) is 0 Å². The first-order valence-electron chi connectivity index (χ1n) is 5.19. The number of carbonyl (C=O) groups excluding carboxylic acids is 1. The molecule has 1 saturated carbocycles. The van der Waals surface area contributed by atoms with Crippen LogP contribution in [0.4, 0.5) is 0 Å². The summed E-state index contributed by atoms with van der Waals surface area (Å²) < 4.78 is 0. The Hall–Kier alpha value is 0.01000. The van der Waals surface area contributed by atoms with Crippen LogP contribution >= 0.6 is 30.1 Å². The highest BCUT2D eigenvalue weighted by molar-refractivity contribution is 14.2. The molecule has 0 spiro atoms. The zero-order valence-corrected chi connectivity index (χ0v) is 12.2. The summed E-state index contributed by atoms with van der Waals surface area (Å²) in [6.07, 6.45) is 9.43. The molecule has 0 heterocycles. The lowest BCUT2D eigenvalue weighted by atomic mass is 9.74. The third kappa shape index (κ3) is 3.02. The van der Waals surface area contributed by atoms with Crippen molar-refractivity contribution in [3.63, 3.8) is 0 Å². The van der Waals surface area contributed by atoms with Gasteiger partial charge in [0.05, 0.1) is 6.10 Å². The molecule has 0 saturated heterocycles. The summed E-state index contributed by atoms with van der Waals surface area (Å²) in [5, 5.41) is 12.1. The summed E-state index contributed by atoms with van der Waals surface area (Å²) in [6.45, 7) is 2.07. The maximum Gasteiger partial charge on any atom is 0.155 e. The molecule has 2 atom stereocenters. The molecule has 1 fully saturated rings. The average molecular weight is 350 g/mol. The molecular weight excluding hydrogens is 335 g/mol. The van der Waals surface area contributed by atoms with Gasteiger partial charge in [-0.25, -0.2) is 0 Å². The molecule has 0 aromatic carbocycles. The van der Waals surface area contributed by atoms with Crippen molar-refractivity contribution in [2.75, 3.05) is 0 Å². The Morgan fingerprint density at radius 1 is 1.69 bits per heavy atom. The van der Waals surface area contributed by atoms with Crippen LogP contribution in [-0.2, 0) is 4.79 Å². The Bertz CT molecular complexity index is 345. The van der Waals surface area contributed by atoms with Crippen LogP contribution in [0.2, 0.25) is 0 Å². The molecule has 2 nitrogen and oxygen atoms in total. The van der Waals surface area contributed by atoms with Gasteiger partial charge in [-0.3, -0.25) is 4.79 Å². The highest BCUT2D eigenvalue weighted by Crippen LogP contribution is 2.48. The molecule has 0 aromatic heterocycles. The van der Waals surface area contributed by atoms with E-state index in [1.807, 2.05) is 21.2 Å². The molecular formula is C12H15IO2S. The molecule has 2 aliphatic carbocycles. The Labute approximate surface area is 113 Å². The Balaban J connectivity index is 0.000000280. The van der Waals surface area contributed by atoms with Gasteiger partial charge in [-0.05, 0) is 39.5 Å². The number of aliphatic hydroxyl groups is 1. The predicted molar refractivity (Wildman–Crippen MR) is 76.1 cm³/mol. The van der Waals surface area contributed by atoms with Crippen LogP contribution in [-0.4, -0.2) is 17.0 Å². The second-order valence-corrected chi connectivity index (χ2v) is 6.01. The highest BCUT2D eigenvalue weighted by atomic mass is 127. The van der Waals surface area contributed by atoms with E-state index in [1.165, 1.54) is 14.5 Å². The molecule has 2 unspecified atom stereocenters. The lowest BCUT2D eigenvalue weighted by Gasteiger charge is -2.32. The molecule has 0 aliphatic heterocycles. The highest BCUT2D eigenvalue weighted by Gasteiger charge is 2.43. The fourth-order valence-electron chi connectivity index (χ4n) is 2.32. The molecule has 2 aliphatic rings. The third-order valence-corrected chi connectivity index (χ3v) is 4.28. The number of carbonyl (C=O) groups is 1. The largest absolute Gasteiger partial charge is 0.392 e. The van der Waals surface area contributed by atoms with Gasteiger partial charge in [0.15, 0.2) is 5.78 Å². The summed E-state index contributed by atoms with van der Waals surface area (Å²) in [4.78, 5) is 11.1. The van der Waals surface area contributed by atoms with Gasteiger partial charge in [0.1, 0.15) is 0 Å². The number of terminal acetylenes is 1. The van der Waals surface area contributed by atoms with Crippen molar-refractivity contribution in [1.29, 1.82) is 0 Å². The molecule has 0 radical (unpaired) electrons. The third-order valence-electron chi connectivity index (χ3n) is 3.43. The summed E-state index contributed by atoms with van der Waals surface area (Å²) in [7, 11) is 1.35. The van der Waals surface area contributed by atoms with E-state index in [-0.39, 0.29) is 17.3 Å². The number of allylic oxidation sites excluding steroid dienone is 1. The first kappa shape index (κ1) is 14.1. The summed E-state index contributed by atoms with van der Waals surface area (Å²) in [5.41, 5.74) is 1.10. The van der Waals surface area contributed by atoms with Gasteiger partial charge in [0.25, 0.3) is 0 Å². The van der Waals surface area contributed by atoms with Crippen LogP contribution in [0.5, 0.6) is 0 Å². The number of ketones is 1. The topological polar surface area (TPSA) is 37.3 Å². The summed E-state index contributed by atoms with van der Waals surface area (Å²) in [6, 6.07) is 0. The molecule has 1 N–H and O–H groups in total. The minimum Gasteiger partial charge on any atom is -0.392 e. The normalized spacial score (nSPS) is 32.0. The summed E-state index contributed by atoms with van der Waals surface area (Å²) >= 11 is 2.03. The van der Waals surface area contributed by atoms with Crippen molar-refractivity contribution in [3.05, 3.63) is 11.6 Å². The van der Waals surface area contributed by atoms with E-state index < -0.39 is 0 Å². The summed E-state index contributed by atoms with van der Waals surface area (Å²) in [5.74, 6) is 0.233. The maximum absolute atomic E-state index is 11.1. The van der Waals surface area contributed by atoms with Crippen molar-refractivity contribution in [3.8, 4) is 11.7 Å². The lowest BCUT2D eigenvalue weighted by Crippen LogP contribution is -2.31. The zero-order valence-electron chi connectivity index (χ0n) is 9.20. The molecule has 0 amide bonds. The molecule has 0 bridgehead atoms. The van der Waals surface area contributed by atoms with E-state index >= 15 is 0 Å². The van der Waals surface area contributed by atoms with E-state index in [0.29, 0.717) is 6.42 Å². The van der Waals surface area contributed by atoms with E-state index in [1.54, 1.807) is 6.08 Å². The number of hydrogen-bond acceptors (Lipinski definition) is 3. The second-order valence-electron chi connectivity index (χ2n) is 4.30. The maximum atomic E-state index is 11.1. The predicted octanol–water partition coefficient (Wildman–Crippen LogP) is 3.10. The number of halogens is 1. The number of aliphatic hydroxyl groups excluding tert-OH is 1. The first-order valence-corrected chi connectivity index (χ1v) is 8.55. The van der Waals surface area contributed by atoms with Gasteiger partial charge < -0.3 is 5.11 Å². The quantitative estimate of drug-likeness (QED) is 0.539. The van der Waals surface area contributed by atoms with Crippen LogP contribution in [0, 0.1) is 17.1 Å². The van der Waals surface area contributed by atoms with E-state index in [2.05, 4.69) is 12.2 Å². The fourth-order valence-corrected chi connectivity index (χ4v) is 2.32. The SMILES string of the molecule is C#CSI.CC12CCC(=O)C=C1CCC2O. The Morgan fingerprint density at radius 3 is 2.88 bits per heavy atom. The van der Waals surface area contributed by atoms with Crippen LogP contribution in [0.1, 0.15) is 32.6 Å². The smallest absolute Gasteiger partial charge is 0.155 e. The van der Waals surface area contributed by atoms with Crippen LogP contribution in [0.25, 0.3) is 0 Å². The van der Waals surface area contributed by atoms with Crippen LogP contribution in [0.15, 0.2) is 11.6 Å². The number of fused-ring (bicyclic) bond motifs is 1. The van der Waals surface area contributed by atoms with Gasteiger partial charge in [0, 0.05) is 33.0 Å². The lowest BCUT2D eigenvalue weighted by molar-refractivity contribution is -0.116. The second kappa shape index (κ2) is 6.08. The number of rotatable bonds is 0. The van der Waals surface area contributed by atoms with Crippen LogP contribution < -0.4 is 0 Å². The molecule has 16 heavy (non-hydrogen) atoms. The first-order chi connectivity index (χ1) is 7.54. The zero-order chi connectivity index (χ0) is 12.2. The van der Waals surface area contributed by atoms with Crippen molar-refractivity contribution < 1.29 is 9.90 Å². The monoisotopic (exact) mass is 350 g/mol. The van der Waals surface area contributed by atoms with Crippen molar-refractivity contribution in [2.24, 2.45) is 5.41 Å². The minimum absolute atomic E-state index is 0.0755. The minimum atomic E-state index is -0.225. The van der Waals surface area contributed by atoms with Gasteiger partial charge in [-0.1, -0.05) is 12.5 Å². The van der Waals surface area contributed by atoms with Gasteiger partial charge in [-0.15, -0.1) is 6.42 Å². The molecule has 0 aromatic rings. The average Bonchev–Trinajstić information content (AvgIpc) is 2.57. The van der Waals surface area contributed by atoms with Crippen molar-refractivity contribution in [2.45, 2.75) is 38.7 Å². The van der Waals surface area contributed by atoms with Gasteiger partial charge >= 0.3 is 0 Å². The van der Waals surface area contributed by atoms with Gasteiger partial charge in [-0.2, -0.15) is 0 Å². The van der Waals surface area contributed by atoms with Crippen molar-refractivity contribution >= 4 is 35.9 Å². The Kier molecular flexibility index (Phi) is 5.35. The van der Waals surface area contributed by atoms with Crippen molar-refractivity contribution in [1.82, 2.24) is 0 Å². The fraction of sp³-hybridized carbons (Fsp3) is 0.583. The van der Waals surface area contributed by atoms with E-state index in [9.17, 15) is 9.90 Å².